The monoisotopic (exact) mass is 871 g/mol. The lowest BCUT2D eigenvalue weighted by Gasteiger charge is -2.42. The predicted molar refractivity (Wildman–Crippen MR) is 233 cm³/mol. The van der Waals surface area contributed by atoms with Gasteiger partial charge >= 0.3 is 5.97 Å². The van der Waals surface area contributed by atoms with E-state index in [1.165, 1.54) is 51.4 Å². The Morgan fingerprint density at radius 1 is 0.557 bits per heavy atom. The van der Waals surface area contributed by atoms with E-state index in [1.54, 1.807) is 0 Å². The van der Waals surface area contributed by atoms with Gasteiger partial charge in [-0.05, 0) is 51.4 Å². The van der Waals surface area contributed by atoms with Crippen LogP contribution in [0.15, 0.2) is 48.6 Å². The van der Waals surface area contributed by atoms with E-state index in [0.29, 0.717) is 13.0 Å². The average molecular weight is 871 g/mol. The molecule has 0 spiro atoms. The van der Waals surface area contributed by atoms with Gasteiger partial charge in [0.1, 0.15) is 54.9 Å². The molecule has 11 atom stereocenters. The van der Waals surface area contributed by atoms with E-state index in [-0.39, 0.29) is 19.6 Å². The molecule has 0 aromatic heterocycles. The number of esters is 1. The Balaban J connectivity index is 1.61. The van der Waals surface area contributed by atoms with Gasteiger partial charge in [-0.25, -0.2) is 0 Å². The van der Waals surface area contributed by atoms with Crippen LogP contribution in [-0.2, 0) is 33.2 Å². The summed E-state index contributed by atoms with van der Waals surface area (Å²) < 4.78 is 33.8. The fourth-order valence-electron chi connectivity index (χ4n) is 7.04. The quantitative estimate of drug-likeness (QED) is 0.0234. The molecule has 7 N–H and O–H groups in total. The highest BCUT2D eigenvalue weighted by molar-refractivity contribution is 5.69. The summed E-state index contributed by atoms with van der Waals surface area (Å²) in [4.78, 5) is 12.6. The van der Waals surface area contributed by atoms with Crippen molar-refractivity contribution in [1.29, 1.82) is 0 Å². The van der Waals surface area contributed by atoms with Gasteiger partial charge in [0.25, 0.3) is 0 Å². The third kappa shape index (κ3) is 24.0. The maximum absolute atomic E-state index is 12.6. The number of carbonyl (C=O) groups is 1. The van der Waals surface area contributed by atoms with E-state index in [2.05, 4.69) is 55.5 Å². The van der Waals surface area contributed by atoms with E-state index in [1.807, 2.05) is 6.92 Å². The minimum absolute atomic E-state index is 0.0562. The van der Waals surface area contributed by atoms with Gasteiger partial charge in [0.05, 0.1) is 26.4 Å². The maximum atomic E-state index is 12.6. The van der Waals surface area contributed by atoms with Crippen LogP contribution in [0, 0.1) is 0 Å². The first-order valence-electron chi connectivity index (χ1n) is 23.2. The molecule has 2 aliphatic heterocycles. The van der Waals surface area contributed by atoms with E-state index >= 15 is 0 Å². The number of hydrogen-bond acceptors (Lipinski definition) is 14. The highest BCUT2D eigenvalue weighted by atomic mass is 16.7. The topological polar surface area (TPSA) is 214 Å². The van der Waals surface area contributed by atoms with Gasteiger partial charge in [0.2, 0.25) is 0 Å². The first-order chi connectivity index (χ1) is 29.6. The zero-order valence-corrected chi connectivity index (χ0v) is 37.1. The van der Waals surface area contributed by atoms with Crippen LogP contribution in [0.4, 0.5) is 0 Å². The first-order valence-corrected chi connectivity index (χ1v) is 23.2. The molecule has 0 amide bonds. The fraction of sp³-hybridized carbons (Fsp3) is 0.809. The molecule has 2 fully saturated rings. The number of carbonyl (C=O) groups excluding carboxylic acids is 1. The fourth-order valence-corrected chi connectivity index (χ4v) is 7.04. The van der Waals surface area contributed by atoms with E-state index in [4.69, 9.17) is 28.4 Å². The summed E-state index contributed by atoms with van der Waals surface area (Å²) >= 11 is 0. The maximum Gasteiger partial charge on any atom is 0.306 e. The summed E-state index contributed by atoms with van der Waals surface area (Å²) in [5, 5.41) is 71.5. The van der Waals surface area contributed by atoms with Crippen LogP contribution in [0.2, 0.25) is 0 Å². The van der Waals surface area contributed by atoms with Crippen LogP contribution in [0.5, 0.6) is 0 Å². The summed E-state index contributed by atoms with van der Waals surface area (Å²) in [5.41, 5.74) is 0. The predicted octanol–water partition coefficient (Wildman–Crippen LogP) is 5.62. The van der Waals surface area contributed by atoms with Crippen molar-refractivity contribution in [1.82, 2.24) is 0 Å². The molecule has 11 unspecified atom stereocenters. The van der Waals surface area contributed by atoms with Crippen LogP contribution in [0.1, 0.15) is 142 Å². The zero-order valence-electron chi connectivity index (χ0n) is 37.1. The number of aliphatic hydroxyl groups is 7. The number of allylic oxidation sites excluding steroid dienone is 8. The van der Waals surface area contributed by atoms with Gasteiger partial charge in [-0.1, -0.05) is 133 Å². The minimum Gasteiger partial charge on any atom is -0.457 e. The van der Waals surface area contributed by atoms with Crippen molar-refractivity contribution in [3.63, 3.8) is 0 Å². The Morgan fingerprint density at radius 2 is 1.07 bits per heavy atom. The lowest BCUT2D eigenvalue weighted by atomic mass is 9.98. The van der Waals surface area contributed by atoms with Crippen LogP contribution < -0.4 is 0 Å². The third-order valence-corrected chi connectivity index (χ3v) is 10.9. The Labute approximate surface area is 365 Å². The molecule has 0 bridgehead atoms. The third-order valence-electron chi connectivity index (χ3n) is 10.9. The summed E-state index contributed by atoms with van der Waals surface area (Å²) in [6.45, 7) is 3.36. The van der Waals surface area contributed by atoms with Crippen LogP contribution in [0.25, 0.3) is 0 Å². The van der Waals surface area contributed by atoms with Crippen molar-refractivity contribution in [2.45, 2.75) is 210 Å². The molecular formula is C47H82O14. The molecule has 0 aromatic carbocycles. The second-order valence-corrected chi connectivity index (χ2v) is 16.2. The molecular weight excluding hydrogens is 789 g/mol. The molecule has 2 aliphatic rings. The number of aliphatic hydroxyl groups excluding tert-OH is 7. The van der Waals surface area contributed by atoms with Crippen molar-refractivity contribution >= 4 is 5.97 Å². The van der Waals surface area contributed by atoms with Crippen molar-refractivity contribution < 1.29 is 69.0 Å². The molecule has 0 saturated carbocycles. The molecule has 0 radical (unpaired) electrons. The van der Waals surface area contributed by atoms with E-state index in [9.17, 15) is 40.5 Å². The van der Waals surface area contributed by atoms with Gasteiger partial charge < -0.3 is 64.2 Å². The van der Waals surface area contributed by atoms with Crippen molar-refractivity contribution in [3.8, 4) is 0 Å². The molecule has 14 heteroatoms. The number of rotatable bonds is 35. The van der Waals surface area contributed by atoms with Gasteiger partial charge in [0, 0.05) is 13.0 Å². The molecule has 0 aromatic rings. The standard InChI is InChI=1S/C47H82O14/c1-3-5-7-8-9-10-11-12-13-14-15-16-17-18-19-20-21-22-23-24-25-26-27-29-31-56-33-36(59-39(49)30-28-6-4-2)34-57-46-45(55)43(53)41(51)38(61-46)35-58-47-44(54)42(52)40(50)37(32-48)60-47/h5,7,9-10,12-13,15-16,36-38,40-48,50-55H,3-4,6,8,11,14,17-35H2,1-2H3/b7-5-,10-9-,13-12-,16-15-. The number of hydrogen-bond donors (Lipinski definition) is 7. The van der Waals surface area contributed by atoms with Gasteiger partial charge in [-0.3, -0.25) is 4.79 Å². The van der Waals surface area contributed by atoms with Gasteiger partial charge in [-0.2, -0.15) is 0 Å². The van der Waals surface area contributed by atoms with Crippen molar-refractivity contribution in [3.05, 3.63) is 48.6 Å². The Hall–Kier alpha value is -2.05. The second kappa shape index (κ2) is 35.3. The SMILES string of the molecule is CC/C=C\C/C=C\C/C=C\C/C=C\CCCCCCCCCCCCCOCC(COC1OC(COC2OC(CO)C(O)C(O)C2O)C(O)C(O)C1O)OC(=O)CCCCC. The second-order valence-electron chi connectivity index (χ2n) is 16.2. The van der Waals surface area contributed by atoms with Crippen LogP contribution in [0.3, 0.4) is 0 Å². The molecule has 61 heavy (non-hydrogen) atoms. The van der Waals surface area contributed by atoms with Gasteiger partial charge in [0.15, 0.2) is 12.6 Å². The normalized spacial score (nSPS) is 27.9. The summed E-state index contributed by atoms with van der Waals surface area (Å²) in [7, 11) is 0. The molecule has 14 nitrogen and oxygen atoms in total. The van der Waals surface area contributed by atoms with Crippen molar-refractivity contribution in [2.75, 3.05) is 33.0 Å². The molecule has 0 aliphatic carbocycles. The van der Waals surface area contributed by atoms with E-state index in [0.717, 1.165) is 64.2 Å². The Kier molecular flexibility index (Phi) is 31.9. The molecule has 2 rings (SSSR count). The van der Waals surface area contributed by atoms with Crippen LogP contribution in [-0.4, -0.2) is 142 Å². The van der Waals surface area contributed by atoms with E-state index < -0.39 is 86.7 Å². The zero-order chi connectivity index (χ0) is 44.5. The van der Waals surface area contributed by atoms with Crippen molar-refractivity contribution in [2.24, 2.45) is 0 Å². The highest BCUT2D eigenvalue weighted by Crippen LogP contribution is 2.26. The minimum atomic E-state index is -1.70. The van der Waals surface area contributed by atoms with Gasteiger partial charge in [-0.15, -0.1) is 0 Å². The summed E-state index contributed by atoms with van der Waals surface area (Å²) in [6, 6.07) is 0. The lowest BCUT2D eigenvalue weighted by Crippen LogP contribution is -2.61. The molecule has 2 heterocycles. The molecule has 354 valence electrons. The highest BCUT2D eigenvalue weighted by Gasteiger charge is 2.47. The Bertz CT molecular complexity index is 1190. The lowest BCUT2D eigenvalue weighted by molar-refractivity contribution is -0.332. The average Bonchev–Trinajstić information content (AvgIpc) is 3.25. The largest absolute Gasteiger partial charge is 0.457 e. The number of ether oxygens (including phenoxy) is 6. The first kappa shape index (κ1) is 55.1. The Morgan fingerprint density at radius 3 is 1.64 bits per heavy atom. The summed E-state index contributed by atoms with van der Waals surface area (Å²) in [6.07, 6.45) is 22.9. The van der Waals surface area contributed by atoms with Crippen LogP contribution >= 0.6 is 0 Å². The number of unbranched alkanes of at least 4 members (excludes halogenated alkanes) is 13. The molecule has 2 saturated heterocycles. The smallest absolute Gasteiger partial charge is 0.306 e. The summed E-state index contributed by atoms with van der Waals surface area (Å²) in [5.74, 6) is -0.404.